The molecule has 0 saturated heterocycles. The zero-order valence-corrected chi connectivity index (χ0v) is 13.9. The average Bonchev–Trinajstić information content (AvgIpc) is 2.54. The van der Waals surface area contributed by atoms with E-state index >= 15 is 0 Å². The Balaban J connectivity index is 1.66. The lowest BCUT2D eigenvalue weighted by molar-refractivity contribution is -0.123. The summed E-state index contributed by atoms with van der Waals surface area (Å²) in [5.41, 5.74) is 3.40. The van der Waals surface area contributed by atoms with Gasteiger partial charge in [0.05, 0.1) is 6.54 Å². The SMILES string of the molecule is Cc1ccc(OCC(=O)NCCOc2cc(C)ccc2C)cc1. The van der Waals surface area contributed by atoms with E-state index in [2.05, 4.69) is 5.32 Å². The number of hydrogen-bond acceptors (Lipinski definition) is 3. The zero-order valence-electron chi connectivity index (χ0n) is 13.9. The zero-order chi connectivity index (χ0) is 16.7. The Kier molecular flexibility index (Phi) is 6.03. The molecule has 0 saturated carbocycles. The summed E-state index contributed by atoms with van der Waals surface area (Å²) >= 11 is 0. The molecule has 0 bridgehead atoms. The lowest BCUT2D eigenvalue weighted by atomic mass is 10.1. The molecule has 0 atom stereocenters. The lowest BCUT2D eigenvalue weighted by Crippen LogP contribution is -2.32. The molecule has 0 aliphatic carbocycles. The molecule has 4 nitrogen and oxygen atoms in total. The molecule has 0 radical (unpaired) electrons. The van der Waals surface area contributed by atoms with E-state index in [4.69, 9.17) is 9.47 Å². The molecule has 0 heterocycles. The Bertz CT molecular complexity index is 650. The Morgan fingerprint density at radius 1 is 0.957 bits per heavy atom. The van der Waals surface area contributed by atoms with Crippen LogP contribution in [0, 0.1) is 20.8 Å². The number of benzene rings is 2. The van der Waals surface area contributed by atoms with E-state index in [1.54, 1.807) is 0 Å². The van der Waals surface area contributed by atoms with Gasteiger partial charge in [0.15, 0.2) is 6.61 Å². The molecule has 2 aromatic rings. The van der Waals surface area contributed by atoms with Crippen molar-refractivity contribution in [3.8, 4) is 11.5 Å². The fourth-order valence-electron chi connectivity index (χ4n) is 2.05. The van der Waals surface area contributed by atoms with Gasteiger partial charge in [0.25, 0.3) is 5.91 Å². The van der Waals surface area contributed by atoms with Crippen molar-refractivity contribution in [1.82, 2.24) is 5.32 Å². The molecule has 0 aromatic heterocycles. The van der Waals surface area contributed by atoms with E-state index in [1.807, 2.05) is 63.2 Å². The molecule has 0 spiro atoms. The number of aryl methyl sites for hydroxylation is 3. The van der Waals surface area contributed by atoms with E-state index in [0.717, 1.165) is 22.4 Å². The molecule has 1 N–H and O–H groups in total. The third-order valence-electron chi connectivity index (χ3n) is 3.42. The Hall–Kier alpha value is -2.49. The van der Waals surface area contributed by atoms with Gasteiger partial charge in [0.2, 0.25) is 0 Å². The monoisotopic (exact) mass is 313 g/mol. The van der Waals surface area contributed by atoms with Crippen molar-refractivity contribution < 1.29 is 14.3 Å². The van der Waals surface area contributed by atoms with Gasteiger partial charge in [-0.2, -0.15) is 0 Å². The Morgan fingerprint density at radius 2 is 1.65 bits per heavy atom. The summed E-state index contributed by atoms with van der Waals surface area (Å²) in [6.07, 6.45) is 0. The maximum absolute atomic E-state index is 11.7. The van der Waals surface area contributed by atoms with Gasteiger partial charge < -0.3 is 14.8 Å². The molecule has 0 aliphatic rings. The number of carbonyl (C=O) groups excluding carboxylic acids is 1. The first-order valence-electron chi connectivity index (χ1n) is 7.71. The van der Waals surface area contributed by atoms with Crippen LogP contribution in [0.5, 0.6) is 11.5 Å². The quantitative estimate of drug-likeness (QED) is 0.799. The molecular formula is C19H23NO3. The molecule has 122 valence electrons. The van der Waals surface area contributed by atoms with Gasteiger partial charge in [-0.05, 0) is 50.1 Å². The normalized spacial score (nSPS) is 10.2. The van der Waals surface area contributed by atoms with Gasteiger partial charge in [-0.25, -0.2) is 0 Å². The minimum atomic E-state index is -0.157. The van der Waals surface area contributed by atoms with E-state index < -0.39 is 0 Å². The predicted octanol–water partition coefficient (Wildman–Crippen LogP) is 3.19. The standard InChI is InChI=1S/C19H23NO3/c1-14-5-8-17(9-6-14)23-13-19(21)20-10-11-22-18-12-15(2)4-7-16(18)3/h4-9,12H,10-11,13H2,1-3H3,(H,20,21). The van der Waals surface area contributed by atoms with Crippen LogP contribution in [0.3, 0.4) is 0 Å². The Labute approximate surface area is 137 Å². The van der Waals surface area contributed by atoms with Crippen LogP contribution in [0.15, 0.2) is 42.5 Å². The van der Waals surface area contributed by atoms with Crippen molar-refractivity contribution in [3.63, 3.8) is 0 Å². The number of hydrogen-bond donors (Lipinski definition) is 1. The molecule has 4 heteroatoms. The van der Waals surface area contributed by atoms with Crippen molar-refractivity contribution in [2.24, 2.45) is 0 Å². The van der Waals surface area contributed by atoms with Gasteiger partial charge in [0.1, 0.15) is 18.1 Å². The van der Waals surface area contributed by atoms with Crippen molar-refractivity contribution in [3.05, 3.63) is 59.2 Å². The molecule has 1 amide bonds. The van der Waals surface area contributed by atoms with E-state index in [1.165, 1.54) is 0 Å². The highest BCUT2D eigenvalue weighted by Gasteiger charge is 2.03. The summed E-state index contributed by atoms with van der Waals surface area (Å²) in [6, 6.07) is 13.7. The van der Waals surface area contributed by atoms with Gasteiger partial charge in [-0.3, -0.25) is 4.79 Å². The van der Waals surface area contributed by atoms with E-state index in [0.29, 0.717) is 18.9 Å². The Morgan fingerprint density at radius 3 is 2.39 bits per heavy atom. The van der Waals surface area contributed by atoms with Crippen LogP contribution < -0.4 is 14.8 Å². The predicted molar refractivity (Wildman–Crippen MR) is 91.1 cm³/mol. The van der Waals surface area contributed by atoms with Crippen molar-refractivity contribution in [1.29, 1.82) is 0 Å². The number of amides is 1. The van der Waals surface area contributed by atoms with Gasteiger partial charge in [-0.1, -0.05) is 29.8 Å². The van der Waals surface area contributed by atoms with Crippen molar-refractivity contribution in [2.45, 2.75) is 20.8 Å². The van der Waals surface area contributed by atoms with Crippen LogP contribution in [-0.4, -0.2) is 25.7 Å². The van der Waals surface area contributed by atoms with Crippen LogP contribution in [0.25, 0.3) is 0 Å². The third kappa shape index (κ3) is 5.66. The first-order chi connectivity index (χ1) is 11.0. The van der Waals surface area contributed by atoms with E-state index in [9.17, 15) is 4.79 Å². The molecule has 2 rings (SSSR count). The molecule has 0 unspecified atom stereocenters. The second-order valence-electron chi connectivity index (χ2n) is 5.57. The topological polar surface area (TPSA) is 47.6 Å². The van der Waals surface area contributed by atoms with E-state index in [-0.39, 0.29) is 12.5 Å². The number of ether oxygens (including phenoxy) is 2. The van der Waals surface area contributed by atoms with Crippen LogP contribution in [-0.2, 0) is 4.79 Å². The highest BCUT2D eigenvalue weighted by Crippen LogP contribution is 2.18. The number of nitrogens with one attached hydrogen (secondary N) is 1. The van der Waals surface area contributed by atoms with Gasteiger partial charge in [0, 0.05) is 0 Å². The average molecular weight is 313 g/mol. The first-order valence-corrected chi connectivity index (χ1v) is 7.71. The fraction of sp³-hybridized carbons (Fsp3) is 0.316. The summed E-state index contributed by atoms with van der Waals surface area (Å²) in [5, 5.41) is 2.78. The van der Waals surface area contributed by atoms with Crippen LogP contribution in [0.2, 0.25) is 0 Å². The number of carbonyl (C=O) groups is 1. The van der Waals surface area contributed by atoms with Crippen LogP contribution in [0.1, 0.15) is 16.7 Å². The maximum atomic E-state index is 11.7. The lowest BCUT2D eigenvalue weighted by Gasteiger charge is -2.11. The second-order valence-corrected chi connectivity index (χ2v) is 5.57. The molecular weight excluding hydrogens is 290 g/mol. The van der Waals surface area contributed by atoms with Crippen LogP contribution >= 0.6 is 0 Å². The summed E-state index contributed by atoms with van der Waals surface area (Å²) < 4.78 is 11.1. The summed E-state index contributed by atoms with van der Waals surface area (Å²) in [7, 11) is 0. The number of rotatable bonds is 7. The van der Waals surface area contributed by atoms with Crippen LogP contribution in [0.4, 0.5) is 0 Å². The minimum absolute atomic E-state index is 0.00648. The summed E-state index contributed by atoms with van der Waals surface area (Å²) in [5.74, 6) is 1.39. The van der Waals surface area contributed by atoms with Gasteiger partial charge in [-0.15, -0.1) is 0 Å². The summed E-state index contributed by atoms with van der Waals surface area (Å²) in [6.45, 7) is 6.92. The minimum Gasteiger partial charge on any atom is -0.491 e. The fourth-order valence-corrected chi connectivity index (χ4v) is 2.05. The van der Waals surface area contributed by atoms with Gasteiger partial charge >= 0.3 is 0 Å². The molecule has 23 heavy (non-hydrogen) atoms. The molecule has 0 aliphatic heterocycles. The maximum Gasteiger partial charge on any atom is 0.258 e. The summed E-state index contributed by atoms with van der Waals surface area (Å²) in [4.78, 5) is 11.7. The molecule has 0 fully saturated rings. The second kappa shape index (κ2) is 8.22. The van der Waals surface area contributed by atoms with Crippen molar-refractivity contribution in [2.75, 3.05) is 19.8 Å². The van der Waals surface area contributed by atoms with Crippen molar-refractivity contribution >= 4 is 5.91 Å². The molecule has 2 aromatic carbocycles. The smallest absolute Gasteiger partial charge is 0.258 e. The highest BCUT2D eigenvalue weighted by atomic mass is 16.5. The first kappa shape index (κ1) is 16.9. The third-order valence-corrected chi connectivity index (χ3v) is 3.42. The highest BCUT2D eigenvalue weighted by molar-refractivity contribution is 5.77. The largest absolute Gasteiger partial charge is 0.491 e.